The lowest BCUT2D eigenvalue weighted by Gasteiger charge is -2.34. The summed E-state index contributed by atoms with van der Waals surface area (Å²) < 4.78 is 83.3. The van der Waals surface area contributed by atoms with Gasteiger partial charge in [0.15, 0.2) is 0 Å². The number of nitrogens with one attached hydrogen (secondary N) is 1. The second-order valence-electron chi connectivity index (χ2n) is 11.3. The zero-order valence-corrected chi connectivity index (χ0v) is 26.0. The Labute approximate surface area is 261 Å². The Balaban J connectivity index is 1.75. The predicted molar refractivity (Wildman–Crippen MR) is 163 cm³/mol. The van der Waals surface area contributed by atoms with Crippen LogP contribution < -0.4 is 9.62 Å². The van der Waals surface area contributed by atoms with E-state index in [0.717, 1.165) is 49.8 Å². The number of hydrogen-bond acceptors (Lipinski definition) is 4. The van der Waals surface area contributed by atoms with E-state index in [0.29, 0.717) is 15.9 Å². The number of rotatable bonds is 11. The van der Waals surface area contributed by atoms with Gasteiger partial charge in [0.1, 0.15) is 18.4 Å². The summed E-state index contributed by atoms with van der Waals surface area (Å²) in [4.78, 5) is 28.7. The van der Waals surface area contributed by atoms with Gasteiger partial charge in [0.25, 0.3) is 10.0 Å². The van der Waals surface area contributed by atoms with E-state index in [-0.39, 0.29) is 29.6 Å². The summed E-state index contributed by atoms with van der Waals surface area (Å²) in [6, 6.07) is 13.7. The van der Waals surface area contributed by atoms with Gasteiger partial charge in [-0.25, -0.2) is 12.8 Å². The normalized spacial score (nSPS) is 14.9. The first-order chi connectivity index (χ1) is 21.3. The average Bonchev–Trinajstić information content (AvgIpc) is 3.01. The second-order valence-corrected chi connectivity index (χ2v) is 13.2. The van der Waals surface area contributed by atoms with E-state index in [1.807, 2.05) is 0 Å². The molecule has 0 aromatic heterocycles. The summed E-state index contributed by atoms with van der Waals surface area (Å²) in [6.07, 6.45) is 0.00174. The fraction of sp³-hybridized carbons (Fsp3) is 0.394. The number of halogens is 4. The molecular formula is C33H37F4N3O4S. The van der Waals surface area contributed by atoms with E-state index >= 15 is 0 Å². The zero-order chi connectivity index (χ0) is 32.8. The third-order valence-corrected chi connectivity index (χ3v) is 9.74. The largest absolute Gasteiger partial charge is 0.416 e. The molecule has 0 unspecified atom stereocenters. The van der Waals surface area contributed by atoms with E-state index in [4.69, 9.17) is 0 Å². The van der Waals surface area contributed by atoms with Gasteiger partial charge in [0.2, 0.25) is 11.8 Å². The van der Waals surface area contributed by atoms with Crippen molar-refractivity contribution in [3.05, 3.63) is 95.3 Å². The molecule has 2 amide bonds. The molecule has 1 aliphatic rings. The number of benzene rings is 3. The van der Waals surface area contributed by atoms with Gasteiger partial charge in [-0.3, -0.25) is 13.9 Å². The molecule has 4 rings (SSSR count). The molecule has 242 valence electrons. The van der Waals surface area contributed by atoms with Crippen LogP contribution in [0.2, 0.25) is 0 Å². The van der Waals surface area contributed by atoms with Crippen LogP contribution in [-0.2, 0) is 32.3 Å². The molecule has 0 heterocycles. The van der Waals surface area contributed by atoms with Gasteiger partial charge in [-0.05, 0) is 74.2 Å². The van der Waals surface area contributed by atoms with Gasteiger partial charge in [-0.2, -0.15) is 13.2 Å². The molecule has 7 nitrogen and oxygen atoms in total. The first kappa shape index (κ1) is 34.0. The summed E-state index contributed by atoms with van der Waals surface area (Å²) in [5.74, 6) is -1.72. The summed E-state index contributed by atoms with van der Waals surface area (Å²) >= 11 is 0. The van der Waals surface area contributed by atoms with Crippen molar-refractivity contribution in [2.24, 2.45) is 0 Å². The average molecular weight is 648 g/mol. The van der Waals surface area contributed by atoms with Crippen molar-refractivity contribution in [1.82, 2.24) is 10.2 Å². The van der Waals surface area contributed by atoms with Crippen LogP contribution in [0, 0.1) is 12.7 Å². The molecule has 1 N–H and O–H groups in total. The number of nitrogens with zero attached hydrogens (tertiary/aromatic N) is 2. The Kier molecular flexibility index (Phi) is 10.9. The summed E-state index contributed by atoms with van der Waals surface area (Å²) in [7, 11) is -4.55. The molecule has 0 aliphatic heterocycles. The molecule has 0 bridgehead atoms. The van der Waals surface area contributed by atoms with Gasteiger partial charge >= 0.3 is 6.18 Å². The molecule has 1 atom stereocenters. The minimum atomic E-state index is -4.77. The van der Waals surface area contributed by atoms with Crippen LogP contribution in [0.3, 0.4) is 0 Å². The van der Waals surface area contributed by atoms with Crippen molar-refractivity contribution in [3.8, 4) is 0 Å². The summed E-state index contributed by atoms with van der Waals surface area (Å²) in [5.41, 5.74) is -0.199. The molecule has 12 heteroatoms. The molecule has 3 aromatic rings. The van der Waals surface area contributed by atoms with Crippen molar-refractivity contribution in [2.45, 2.75) is 82.1 Å². The summed E-state index contributed by atoms with van der Waals surface area (Å²) in [6.45, 7) is 2.42. The number of hydrogen-bond donors (Lipinski definition) is 1. The Bertz CT molecular complexity index is 1570. The van der Waals surface area contributed by atoms with Gasteiger partial charge in [0, 0.05) is 12.6 Å². The van der Waals surface area contributed by atoms with Crippen molar-refractivity contribution in [1.29, 1.82) is 0 Å². The van der Waals surface area contributed by atoms with Crippen molar-refractivity contribution < 1.29 is 35.6 Å². The molecule has 1 aliphatic carbocycles. The quantitative estimate of drug-likeness (QED) is 0.238. The fourth-order valence-corrected chi connectivity index (χ4v) is 6.86. The van der Waals surface area contributed by atoms with Crippen LogP contribution in [0.25, 0.3) is 0 Å². The van der Waals surface area contributed by atoms with E-state index in [1.165, 1.54) is 47.4 Å². The molecule has 0 radical (unpaired) electrons. The minimum absolute atomic E-state index is 0.0633. The lowest BCUT2D eigenvalue weighted by atomic mass is 9.95. The first-order valence-corrected chi connectivity index (χ1v) is 16.3. The Morgan fingerprint density at radius 3 is 2.20 bits per heavy atom. The lowest BCUT2D eigenvalue weighted by molar-refractivity contribution is -0.140. The summed E-state index contributed by atoms with van der Waals surface area (Å²) in [5, 5.41) is 3.02. The topological polar surface area (TPSA) is 86.8 Å². The number of alkyl halides is 3. The van der Waals surface area contributed by atoms with Gasteiger partial charge in [0.05, 0.1) is 16.1 Å². The number of aryl methyl sites for hydroxylation is 1. The van der Waals surface area contributed by atoms with E-state index < -0.39 is 52.0 Å². The number of carbonyl (C=O) groups is 2. The van der Waals surface area contributed by atoms with Crippen molar-refractivity contribution >= 4 is 27.5 Å². The number of sulfonamides is 1. The SMILES string of the molecule is CC[C@@H](C(=O)NC1CCCCC1)N(Cc1ccc(F)cc1)C(=O)CN(c1cccc(C(F)(F)F)c1)S(=O)(=O)c1ccc(C)cc1. The fourth-order valence-electron chi connectivity index (χ4n) is 5.45. The van der Waals surface area contributed by atoms with Crippen LogP contribution in [0.1, 0.15) is 62.1 Å². The maximum Gasteiger partial charge on any atom is 0.416 e. The first-order valence-electron chi connectivity index (χ1n) is 14.9. The molecule has 1 saturated carbocycles. The van der Waals surface area contributed by atoms with Crippen LogP contribution in [0.15, 0.2) is 77.7 Å². The third kappa shape index (κ3) is 8.62. The number of amides is 2. The molecule has 0 spiro atoms. The highest BCUT2D eigenvalue weighted by Crippen LogP contribution is 2.33. The minimum Gasteiger partial charge on any atom is -0.352 e. The predicted octanol–water partition coefficient (Wildman–Crippen LogP) is 6.60. The molecule has 45 heavy (non-hydrogen) atoms. The standard InChI is InChI=1S/C33H37F4N3O4S/c1-3-30(32(42)38-27-9-5-4-6-10-27)39(21-24-14-16-26(34)17-15-24)31(41)22-40(28-11-7-8-25(20-28)33(35,36)37)45(43,44)29-18-12-23(2)13-19-29/h7-8,11-20,27,30H,3-6,9-10,21-22H2,1-2H3,(H,38,42)/t30-/m0/s1. The van der Waals surface area contributed by atoms with Crippen molar-refractivity contribution in [3.63, 3.8) is 0 Å². The van der Waals surface area contributed by atoms with E-state index in [1.54, 1.807) is 26.0 Å². The maximum absolute atomic E-state index is 14.2. The Morgan fingerprint density at radius 2 is 1.60 bits per heavy atom. The van der Waals surface area contributed by atoms with Gasteiger partial charge in [-0.15, -0.1) is 0 Å². The molecule has 0 saturated heterocycles. The highest BCUT2D eigenvalue weighted by atomic mass is 32.2. The monoisotopic (exact) mass is 647 g/mol. The molecule has 1 fully saturated rings. The lowest BCUT2D eigenvalue weighted by Crippen LogP contribution is -2.54. The van der Waals surface area contributed by atoms with Crippen LogP contribution >= 0.6 is 0 Å². The van der Waals surface area contributed by atoms with E-state index in [2.05, 4.69) is 5.32 Å². The Hall–Kier alpha value is -3.93. The second kappa shape index (κ2) is 14.4. The smallest absolute Gasteiger partial charge is 0.352 e. The number of anilines is 1. The van der Waals surface area contributed by atoms with Gasteiger partial charge in [-0.1, -0.05) is 62.1 Å². The Morgan fingerprint density at radius 1 is 0.956 bits per heavy atom. The van der Waals surface area contributed by atoms with Crippen LogP contribution in [-0.4, -0.2) is 43.8 Å². The highest BCUT2D eigenvalue weighted by Gasteiger charge is 2.36. The van der Waals surface area contributed by atoms with Crippen molar-refractivity contribution in [2.75, 3.05) is 10.8 Å². The number of carbonyl (C=O) groups excluding carboxylic acids is 2. The van der Waals surface area contributed by atoms with Crippen LogP contribution in [0.4, 0.5) is 23.2 Å². The molecular weight excluding hydrogens is 610 g/mol. The third-order valence-electron chi connectivity index (χ3n) is 7.95. The van der Waals surface area contributed by atoms with Crippen LogP contribution in [0.5, 0.6) is 0 Å². The van der Waals surface area contributed by atoms with E-state index in [9.17, 15) is 35.6 Å². The zero-order valence-electron chi connectivity index (χ0n) is 25.2. The highest BCUT2D eigenvalue weighted by molar-refractivity contribution is 7.92. The van der Waals surface area contributed by atoms with Gasteiger partial charge < -0.3 is 10.2 Å². The molecule has 3 aromatic carbocycles. The maximum atomic E-state index is 14.2.